The minimum Gasteiger partial charge on any atom is -0.494 e. The number of anilines is 1. The van der Waals surface area contributed by atoms with Crippen molar-refractivity contribution in [2.75, 3.05) is 18.2 Å². The molecular formula is C18H16ClN5O5S. The predicted molar refractivity (Wildman–Crippen MR) is 111 cm³/mol. The molecule has 2 N–H and O–H groups in total. The molecule has 0 aliphatic carbocycles. The van der Waals surface area contributed by atoms with Crippen molar-refractivity contribution in [2.45, 2.75) is 11.8 Å². The van der Waals surface area contributed by atoms with Gasteiger partial charge in [0.25, 0.3) is 5.69 Å². The quantitative estimate of drug-likeness (QED) is 0.287. The smallest absolute Gasteiger partial charge is 0.273 e. The van der Waals surface area contributed by atoms with E-state index in [4.69, 9.17) is 21.1 Å². The molecule has 12 heteroatoms. The molecule has 0 saturated carbocycles. The zero-order valence-electron chi connectivity index (χ0n) is 15.6. The summed E-state index contributed by atoms with van der Waals surface area (Å²) in [5.41, 5.74) is 0.203. The second kappa shape index (κ2) is 9.94. The fourth-order valence-electron chi connectivity index (χ4n) is 2.30. The minimum absolute atomic E-state index is 0.0372. The van der Waals surface area contributed by atoms with Gasteiger partial charge < -0.3 is 14.8 Å². The Balaban J connectivity index is 1.50. The molecule has 0 radical (unpaired) electrons. The summed E-state index contributed by atoms with van der Waals surface area (Å²) in [5, 5.41) is 21.3. The molecule has 30 heavy (non-hydrogen) atoms. The SMILES string of the molecule is COc1cc([N+](=O)[O-])ccc1NC(=O)CSc1n[nH]c(COc2ccc(Cl)cc2)n1. The molecule has 0 atom stereocenters. The van der Waals surface area contributed by atoms with E-state index in [1.54, 1.807) is 24.3 Å². The summed E-state index contributed by atoms with van der Waals surface area (Å²) in [7, 11) is 1.37. The standard InChI is InChI=1S/C18H16ClN5O5S/c1-28-15-8-12(24(26)27)4-7-14(15)20-17(25)10-30-18-21-16(22-23-18)9-29-13-5-2-11(19)3-6-13/h2-8H,9-10H2,1H3,(H,20,25)(H,21,22,23). The molecule has 1 heterocycles. The van der Waals surface area contributed by atoms with Gasteiger partial charge >= 0.3 is 0 Å². The van der Waals surface area contributed by atoms with E-state index in [2.05, 4.69) is 20.5 Å². The van der Waals surface area contributed by atoms with Crippen molar-refractivity contribution < 1.29 is 19.2 Å². The number of ether oxygens (including phenoxy) is 2. The number of H-pyrrole nitrogens is 1. The topological polar surface area (TPSA) is 132 Å². The van der Waals surface area contributed by atoms with Crippen LogP contribution in [0, 0.1) is 10.1 Å². The normalized spacial score (nSPS) is 10.5. The first kappa shape index (κ1) is 21.4. The van der Waals surface area contributed by atoms with E-state index in [0.29, 0.717) is 27.4 Å². The Morgan fingerprint density at radius 3 is 2.77 bits per heavy atom. The molecule has 2 aromatic carbocycles. The van der Waals surface area contributed by atoms with Gasteiger partial charge in [0.2, 0.25) is 11.1 Å². The number of carbonyl (C=O) groups excluding carboxylic acids is 1. The number of nitro groups is 1. The number of thioether (sulfide) groups is 1. The number of nitrogens with zero attached hydrogens (tertiary/aromatic N) is 3. The zero-order chi connectivity index (χ0) is 21.5. The highest BCUT2D eigenvalue weighted by molar-refractivity contribution is 7.99. The van der Waals surface area contributed by atoms with Gasteiger partial charge in [-0.15, -0.1) is 5.10 Å². The second-order valence-corrected chi connectivity index (χ2v) is 7.16. The number of amides is 1. The van der Waals surface area contributed by atoms with Crippen LogP contribution in [0.1, 0.15) is 5.82 Å². The van der Waals surface area contributed by atoms with Crippen LogP contribution in [0.2, 0.25) is 5.02 Å². The highest BCUT2D eigenvalue weighted by Crippen LogP contribution is 2.29. The number of nitrogens with one attached hydrogen (secondary N) is 2. The molecular weight excluding hydrogens is 434 g/mol. The molecule has 3 aromatic rings. The largest absolute Gasteiger partial charge is 0.494 e. The molecule has 156 valence electrons. The number of aromatic amines is 1. The van der Waals surface area contributed by atoms with Crippen molar-refractivity contribution >= 4 is 40.6 Å². The maximum atomic E-state index is 12.2. The Bertz CT molecular complexity index is 1040. The van der Waals surface area contributed by atoms with Crippen LogP contribution < -0.4 is 14.8 Å². The van der Waals surface area contributed by atoms with Gasteiger partial charge in [-0.05, 0) is 30.3 Å². The molecule has 0 aliphatic rings. The Morgan fingerprint density at radius 1 is 1.30 bits per heavy atom. The van der Waals surface area contributed by atoms with Crippen molar-refractivity contribution in [3.8, 4) is 11.5 Å². The molecule has 0 saturated heterocycles. The first-order chi connectivity index (χ1) is 14.4. The number of benzene rings is 2. The number of aromatic nitrogens is 3. The summed E-state index contributed by atoms with van der Waals surface area (Å²) in [5.74, 6) is 1.04. The summed E-state index contributed by atoms with van der Waals surface area (Å²) < 4.78 is 10.7. The maximum Gasteiger partial charge on any atom is 0.273 e. The van der Waals surface area contributed by atoms with Gasteiger partial charge in [-0.2, -0.15) is 0 Å². The molecule has 3 rings (SSSR count). The number of rotatable bonds is 9. The van der Waals surface area contributed by atoms with E-state index in [0.717, 1.165) is 11.8 Å². The Morgan fingerprint density at radius 2 is 2.07 bits per heavy atom. The predicted octanol–water partition coefficient (Wildman–Crippen LogP) is 3.68. The zero-order valence-corrected chi connectivity index (χ0v) is 17.2. The van der Waals surface area contributed by atoms with E-state index in [1.165, 1.54) is 25.3 Å². The molecule has 0 fully saturated rings. The van der Waals surface area contributed by atoms with Gasteiger partial charge in [-0.1, -0.05) is 23.4 Å². The first-order valence-electron chi connectivity index (χ1n) is 8.49. The average molecular weight is 450 g/mol. The number of non-ortho nitro benzene ring substituents is 1. The molecule has 1 aromatic heterocycles. The van der Waals surface area contributed by atoms with Crippen LogP contribution >= 0.6 is 23.4 Å². The molecule has 10 nitrogen and oxygen atoms in total. The van der Waals surface area contributed by atoms with Crippen molar-refractivity contribution in [3.05, 3.63) is 63.4 Å². The van der Waals surface area contributed by atoms with Crippen molar-refractivity contribution in [1.29, 1.82) is 0 Å². The summed E-state index contributed by atoms with van der Waals surface area (Å²) >= 11 is 6.95. The monoisotopic (exact) mass is 449 g/mol. The van der Waals surface area contributed by atoms with Crippen LogP contribution in [0.5, 0.6) is 11.5 Å². The van der Waals surface area contributed by atoms with Crippen molar-refractivity contribution in [2.24, 2.45) is 0 Å². The third kappa shape index (κ3) is 5.84. The van der Waals surface area contributed by atoms with Gasteiger partial charge in [-0.25, -0.2) is 4.98 Å². The fourth-order valence-corrected chi connectivity index (χ4v) is 3.05. The molecule has 0 aliphatic heterocycles. The lowest BCUT2D eigenvalue weighted by atomic mass is 10.2. The van der Waals surface area contributed by atoms with Crippen LogP contribution in [-0.4, -0.2) is 38.9 Å². The van der Waals surface area contributed by atoms with Gasteiger partial charge in [0.05, 0.1) is 29.5 Å². The number of hydrogen-bond acceptors (Lipinski definition) is 8. The number of halogens is 1. The molecule has 0 spiro atoms. The van der Waals surface area contributed by atoms with Gasteiger partial charge in [0.15, 0.2) is 5.82 Å². The highest BCUT2D eigenvalue weighted by atomic mass is 35.5. The fraction of sp³-hybridized carbons (Fsp3) is 0.167. The van der Waals surface area contributed by atoms with E-state index < -0.39 is 4.92 Å². The average Bonchev–Trinajstić information content (AvgIpc) is 3.20. The van der Waals surface area contributed by atoms with Gasteiger partial charge in [0.1, 0.15) is 18.1 Å². The molecule has 0 bridgehead atoms. The summed E-state index contributed by atoms with van der Waals surface area (Å²) in [6.07, 6.45) is 0. The maximum absolute atomic E-state index is 12.2. The van der Waals surface area contributed by atoms with E-state index >= 15 is 0 Å². The third-order valence-corrected chi connectivity index (χ3v) is 4.80. The van der Waals surface area contributed by atoms with Crippen LogP contribution in [-0.2, 0) is 11.4 Å². The highest BCUT2D eigenvalue weighted by Gasteiger charge is 2.14. The Kier molecular flexibility index (Phi) is 7.09. The lowest BCUT2D eigenvalue weighted by molar-refractivity contribution is -0.384. The summed E-state index contributed by atoms with van der Waals surface area (Å²) in [6.45, 7) is 0.182. The third-order valence-electron chi connectivity index (χ3n) is 3.70. The van der Waals surface area contributed by atoms with E-state index in [1.807, 2.05) is 0 Å². The Labute approximate surface area is 180 Å². The number of hydrogen-bond donors (Lipinski definition) is 2. The summed E-state index contributed by atoms with van der Waals surface area (Å²) in [4.78, 5) is 26.7. The van der Waals surface area contributed by atoms with Crippen molar-refractivity contribution in [1.82, 2.24) is 15.2 Å². The second-order valence-electron chi connectivity index (χ2n) is 5.79. The minimum atomic E-state index is -0.540. The van der Waals surface area contributed by atoms with Crippen LogP contribution in [0.3, 0.4) is 0 Å². The van der Waals surface area contributed by atoms with Crippen molar-refractivity contribution in [3.63, 3.8) is 0 Å². The first-order valence-corrected chi connectivity index (χ1v) is 9.85. The van der Waals surface area contributed by atoms with E-state index in [-0.39, 0.29) is 29.7 Å². The van der Waals surface area contributed by atoms with Gasteiger partial charge in [-0.3, -0.25) is 20.0 Å². The lowest BCUT2D eigenvalue weighted by Gasteiger charge is -2.09. The number of methoxy groups -OCH3 is 1. The lowest BCUT2D eigenvalue weighted by Crippen LogP contribution is -2.15. The number of nitro benzene ring substituents is 1. The van der Waals surface area contributed by atoms with Crippen LogP contribution in [0.4, 0.5) is 11.4 Å². The molecule has 1 amide bonds. The van der Waals surface area contributed by atoms with Crippen LogP contribution in [0.25, 0.3) is 0 Å². The van der Waals surface area contributed by atoms with Gasteiger partial charge in [0, 0.05) is 11.1 Å². The number of carbonyl (C=O) groups is 1. The Hall–Kier alpha value is -3.31. The van der Waals surface area contributed by atoms with Crippen LogP contribution in [0.15, 0.2) is 47.6 Å². The van der Waals surface area contributed by atoms with E-state index in [9.17, 15) is 14.9 Å². The summed E-state index contributed by atoms with van der Waals surface area (Å²) in [6, 6.07) is 10.9. The molecule has 0 unspecified atom stereocenters.